The smallest absolute Gasteiger partial charge is 0.243 e. The first kappa shape index (κ1) is 23.0. The summed E-state index contributed by atoms with van der Waals surface area (Å²) in [6.07, 6.45) is 16.8. The molecule has 24 heavy (non-hydrogen) atoms. The zero-order valence-corrected chi connectivity index (χ0v) is 16.2. The molecule has 0 bridgehead atoms. The second-order valence-corrected chi connectivity index (χ2v) is 6.06. The fourth-order valence-corrected chi connectivity index (χ4v) is 2.58. The molecule has 0 fully saturated rings. The Labute approximate surface area is 157 Å². The second kappa shape index (κ2) is 12.3. The molecule has 2 aromatic rings. The molecule has 0 saturated heterocycles. The molecule has 138 valence electrons. The minimum atomic E-state index is -0.376. The summed E-state index contributed by atoms with van der Waals surface area (Å²) in [6, 6.07) is 0. The number of halogens is 2. The monoisotopic (exact) mass is 376 g/mol. The second-order valence-electron chi connectivity index (χ2n) is 6.06. The Morgan fingerprint density at radius 1 is 0.833 bits per heavy atom. The van der Waals surface area contributed by atoms with E-state index in [1.165, 1.54) is 25.7 Å². The molecule has 0 atom stereocenters. The molecule has 1 N–H and O–H groups in total. The van der Waals surface area contributed by atoms with Crippen LogP contribution < -0.4 is 33.9 Å². The van der Waals surface area contributed by atoms with Crippen molar-refractivity contribution in [2.45, 2.75) is 71.8 Å². The molecule has 0 aromatic carbocycles. The van der Waals surface area contributed by atoms with Crippen molar-refractivity contribution in [3.05, 3.63) is 37.4 Å². The SMILES string of the molecule is CCCCn1cc[n+](CC(O)C[n+]2ccn(CCCC)c2)c1.[Cl-].[Cl-]. The van der Waals surface area contributed by atoms with Crippen LogP contribution in [0.5, 0.6) is 0 Å². The van der Waals surface area contributed by atoms with Crippen LogP contribution >= 0.6 is 0 Å². The summed E-state index contributed by atoms with van der Waals surface area (Å²) in [6.45, 7) is 7.76. The number of nitrogens with zero attached hydrogens (tertiary/aromatic N) is 4. The Kier molecular flexibility index (Phi) is 11.8. The van der Waals surface area contributed by atoms with Gasteiger partial charge in [-0.2, -0.15) is 0 Å². The lowest BCUT2D eigenvalue weighted by Crippen LogP contribution is -3.00. The van der Waals surface area contributed by atoms with E-state index in [-0.39, 0.29) is 30.9 Å². The fraction of sp³-hybridized carbons (Fsp3) is 0.647. The van der Waals surface area contributed by atoms with Crippen LogP contribution in [0.15, 0.2) is 37.4 Å². The van der Waals surface area contributed by atoms with E-state index in [0.29, 0.717) is 13.1 Å². The van der Waals surface area contributed by atoms with E-state index in [1.807, 2.05) is 12.4 Å². The summed E-state index contributed by atoms with van der Waals surface area (Å²) in [5.74, 6) is 0. The van der Waals surface area contributed by atoms with E-state index in [1.54, 1.807) is 0 Å². The molecule has 0 spiro atoms. The maximum Gasteiger partial charge on any atom is 0.243 e. The number of hydrogen-bond acceptors (Lipinski definition) is 1. The predicted molar refractivity (Wildman–Crippen MR) is 85.1 cm³/mol. The average molecular weight is 377 g/mol. The molecule has 0 saturated carbocycles. The molecule has 0 amide bonds. The number of aliphatic hydroxyl groups is 1. The third-order valence-corrected chi connectivity index (χ3v) is 3.88. The molecule has 0 aliphatic carbocycles. The molecule has 2 rings (SSSR count). The maximum absolute atomic E-state index is 10.3. The number of rotatable bonds is 10. The molecule has 5 nitrogen and oxygen atoms in total. The van der Waals surface area contributed by atoms with E-state index in [0.717, 1.165) is 13.1 Å². The van der Waals surface area contributed by atoms with Gasteiger partial charge < -0.3 is 29.9 Å². The van der Waals surface area contributed by atoms with E-state index >= 15 is 0 Å². The quantitative estimate of drug-likeness (QED) is 0.417. The van der Waals surface area contributed by atoms with Crippen molar-refractivity contribution in [1.29, 1.82) is 0 Å². The Morgan fingerprint density at radius 2 is 1.25 bits per heavy atom. The van der Waals surface area contributed by atoms with Crippen LogP contribution in [0.1, 0.15) is 39.5 Å². The van der Waals surface area contributed by atoms with Crippen LogP contribution in [0.2, 0.25) is 0 Å². The lowest BCUT2D eigenvalue weighted by atomic mass is 10.3. The summed E-state index contributed by atoms with van der Waals surface area (Å²) in [5.41, 5.74) is 0. The minimum Gasteiger partial charge on any atom is -1.00 e. The summed E-state index contributed by atoms with van der Waals surface area (Å²) >= 11 is 0. The van der Waals surface area contributed by atoms with Gasteiger partial charge in [-0.25, -0.2) is 18.3 Å². The standard InChI is InChI=1S/C17H30N4O.2ClH/c1-3-5-7-18-9-11-20(15-18)13-17(22)14-21-12-10-19(16-21)8-6-4-2;;/h9-12,15-17,22H,3-8,13-14H2,1-2H3;2*1H/q+2;;/p-2. The Morgan fingerprint density at radius 3 is 1.62 bits per heavy atom. The molecular formula is C17H30Cl2N4O. The van der Waals surface area contributed by atoms with Crippen molar-refractivity contribution in [2.24, 2.45) is 0 Å². The highest BCUT2D eigenvalue weighted by atomic mass is 35.5. The van der Waals surface area contributed by atoms with E-state index in [2.05, 4.69) is 57.2 Å². The highest BCUT2D eigenvalue weighted by Crippen LogP contribution is 1.95. The molecular weight excluding hydrogens is 347 g/mol. The minimum absolute atomic E-state index is 0. The number of unbranched alkanes of at least 4 members (excludes halogenated alkanes) is 2. The largest absolute Gasteiger partial charge is 1.00 e. The molecule has 0 aliphatic heterocycles. The van der Waals surface area contributed by atoms with Gasteiger partial charge >= 0.3 is 0 Å². The highest BCUT2D eigenvalue weighted by Gasteiger charge is 2.14. The van der Waals surface area contributed by atoms with Crippen molar-refractivity contribution >= 4 is 0 Å². The summed E-state index contributed by atoms with van der Waals surface area (Å²) < 4.78 is 8.50. The maximum atomic E-state index is 10.3. The summed E-state index contributed by atoms with van der Waals surface area (Å²) in [4.78, 5) is 0. The van der Waals surface area contributed by atoms with Crippen molar-refractivity contribution < 1.29 is 39.1 Å². The van der Waals surface area contributed by atoms with Gasteiger partial charge in [-0.3, -0.25) is 0 Å². The van der Waals surface area contributed by atoms with Crippen molar-refractivity contribution in [1.82, 2.24) is 9.13 Å². The first-order chi connectivity index (χ1) is 10.7. The van der Waals surface area contributed by atoms with Gasteiger partial charge in [0.25, 0.3) is 0 Å². The average Bonchev–Trinajstić information content (AvgIpc) is 3.12. The van der Waals surface area contributed by atoms with E-state index in [9.17, 15) is 5.11 Å². The van der Waals surface area contributed by atoms with Gasteiger partial charge in [0.1, 0.15) is 44.0 Å². The molecule has 0 radical (unpaired) electrons. The number of hydrogen-bond donors (Lipinski definition) is 1. The Bertz CT molecular complexity index is 508. The number of aliphatic hydroxyl groups excluding tert-OH is 1. The third kappa shape index (κ3) is 7.69. The van der Waals surface area contributed by atoms with Crippen LogP contribution in [0, 0.1) is 0 Å². The Hall–Kier alpha value is -1.04. The first-order valence-electron chi connectivity index (χ1n) is 8.49. The van der Waals surface area contributed by atoms with Gasteiger partial charge in [-0.05, 0) is 12.8 Å². The predicted octanol–water partition coefficient (Wildman–Crippen LogP) is -4.47. The first-order valence-corrected chi connectivity index (χ1v) is 8.49. The van der Waals surface area contributed by atoms with Gasteiger partial charge in [-0.15, -0.1) is 0 Å². The van der Waals surface area contributed by atoms with Gasteiger partial charge in [0.15, 0.2) is 0 Å². The lowest BCUT2D eigenvalue weighted by molar-refractivity contribution is -0.737. The van der Waals surface area contributed by atoms with Gasteiger partial charge in [-0.1, -0.05) is 26.7 Å². The summed E-state index contributed by atoms with van der Waals surface area (Å²) in [7, 11) is 0. The number of aryl methyl sites for hydroxylation is 2. The highest BCUT2D eigenvalue weighted by molar-refractivity contribution is 4.67. The lowest BCUT2D eigenvalue weighted by Gasteiger charge is -2.05. The third-order valence-electron chi connectivity index (χ3n) is 3.88. The van der Waals surface area contributed by atoms with Crippen molar-refractivity contribution in [3.8, 4) is 0 Å². The normalized spacial score (nSPS) is 10.5. The zero-order chi connectivity index (χ0) is 15.8. The van der Waals surface area contributed by atoms with E-state index in [4.69, 9.17) is 0 Å². The molecule has 0 aliphatic rings. The van der Waals surface area contributed by atoms with Crippen LogP contribution in [-0.4, -0.2) is 20.3 Å². The van der Waals surface area contributed by atoms with Crippen molar-refractivity contribution in [3.63, 3.8) is 0 Å². The number of imidazole rings is 2. The molecule has 0 unspecified atom stereocenters. The molecule has 2 heterocycles. The van der Waals surface area contributed by atoms with Crippen molar-refractivity contribution in [2.75, 3.05) is 0 Å². The van der Waals surface area contributed by atoms with Gasteiger partial charge in [0, 0.05) is 0 Å². The van der Waals surface area contributed by atoms with Crippen LogP contribution in [0.25, 0.3) is 0 Å². The molecule has 7 heteroatoms. The zero-order valence-electron chi connectivity index (χ0n) is 14.7. The molecule has 2 aromatic heterocycles. The van der Waals surface area contributed by atoms with Crippen LogP contribution in [0.3, 0.4) is 0 Å². The van der Waals surface area contributed by atoms with Gasteiger partial charge in [0.05, 0.1) is 13.1 Å². The van der Waals surface area contributed by atoms with Crippen LogP contribution in [0.4, 0.5) is 0 Å². The number of aromatic nitrogens is 4. The van der Waals surface area contributed by atoms with Crippen LogP contribution in [-0.2, 0) is 26.2 Å². The summed E-state index contributed by atoms with van der Waals surface area (Å²) in [5, 5.41) is 10.3. The fourth-order valence-electron chi connectivity index (χ4n) is 2.58. The van der Waals surface area contributed by atoms with Gasteiger partial charge in [0.2, 0.25) is 12.7 Å². The Balaban J connectivity index is 0.00000264. The topological polar surface area (TPSA) is 37.9 Å². The van der Waals surface area contributed by atoms with E-state index < -0.39 is 0 Å².